The van der Waals surface area contributed by atoms with Crippen LogP contribution in [0.5, 0.6) is 5.88 Å². The Kier molecular flexibility index (Phi) is 8.93. The Labute approximate surface area is 115 Å². The second-order valence-corrected chi connectivity index (χ2v) is 4.34. The normalized spacial score (nSPS) is 10.6. The highest BCUT2D eigenvalue weighted by Gasteiger charge is 1.99. The molecule has 0 radical (unpaired) electrons. The van der Waals surface area contributed by atoms with Crippen molar-refractivity contribution in [3.05, 3.63) is 18.1 Å². The van der Waals surface area contributed by atoms with Crippen molar-refractivity contribution in [2.75, 3.05) is 26.4 Å². The molecule has 108 valence electrons. The first kappa shape index (κ1) is 15.9. The van der Waals surface area contributed by atoms with Gasteiger partial charge in [-0.05, 0) is 19.4 Å². The smallest absolute Gasteiger partial charge is 0.232 e. The molecular formula is C14H25N3O2. The Bertz CT molecular complexity index is 334. The Hall–Kier alpha value is -1.20. The van der Waals surface area contributed by atoms with Crippen LogP contribution in [0.1, 0.15) is 38.8 Å². The Morgan fingerprint density at radius 3 is 2.79 bits per heavy atom. The first-order chi connectivity index (χ1) is 9.36. The molecule has 5 nitrogen and oxygen atoms in total. The van der Waals surface area contributed by atoms with Gasteiger partial charge in [-0.25, -0.2) is 4.98 Å². The zero-order chi connectivity index (χ0) is 13.8. The molecule has 0 fully saturated rings. The fourth-order valence-corrected chi connectivity index (χ4v) is 1.49. The molecule has 0 spiro atoms. The van der Waals surface area contributed by atoms with Gasteiger partial charge in [-0.1, -0.05) is 20.3 Å². The third kappa shape index (κ3) is 7.74. The van der Waals surface area contributed by atoms with Crippen molar-refractivity contribution < 1.29 is 9.47 Å². The Morgan fingerprint density at radius 2 is 2.00 bits per heavy atom. The number of unbranched alkanes of at least 4 members (excludes halogenated alkanes) is 1. The van der Waals surface area contributed by atoms with Crippen molar-refractivity contribution in [2.24, 2.45) is 0 Å². The van der Waals surface area contributed by atoms with E-state index in [4.69, 9.17) is 9.47 Å². The van der Waals surface area contributed by atoms with E-state index in [0.29, 0.717) is 19.1 Å². The van der Waals surface area contributed by atoms with Gasteiger partial charge in [0.1, 0.15) is 6.61 Å². The zero-order valence-corrected chi connectivity index (χ0v) is 12.0. The second kappa shape index (κ2) is 10.7. The summed E-state index contributed by atoms with van der Waals surface area (Å²) in [5.41, 5.74) is 0.901. The standard InChI is InChI=1S/C14H25N3O2/c1-3-5-7-18-8-9-19-14-12-16-11-13(17-14)10-15-6-4-2/h11-12,15H,3-10H2,1-2H3. The van der Waals surface area contributed by atoms with E-state index in [2.05, 4.69) is 29.1 Å². The van der Waals surface area contributed by atoms with Crippen LogP contribution in [0.2, 0.25) is 0 Å². The quantitative estimate of drug-likeness (QED) is 0.623. The molecule has 19 heavy (non-hydrogen) atoms. The van der Waals surface area contributed by atoms with Crippen molar-refractivity contribution in [1.29, 1.82) is 0 Å². The lowest BCUT2D eigenvalue weighted by Gasteiger charge is -2.07. The molecule has 1 heterocycles. The largest absolute Gasteiger partial charge is 0.474 e. The van der Waals surface area contributed by atoms with Gasteiger partial charge in [-0.2, -0.15) is 0 Å². The summed E-state index contributed by atoms with van der Waals surface area (Å²) in [7, 11) is 0. The fraction of sp³-hybridized carbons (Fsp3) is 0.714. The molecule has 5 heteroatoms. The van der Waals surface area contributed by atoms with Crippen LogP contribution < -0.4 is 10.1 Å². The van der Waals surface area contributed by atoms with Crippen LogP contribution in [0.3, 0.4) is 0 Å². The van der Waals surface area contributed by atoms with E-state index in [9.17, 15) is 0 Å². The molecule has 0 aliphatic rings. The molecule has 0 bridgehead atoms. The van der Waals surface area contributed by atoms with Gasteiger partial charge in [0.25, 0.3) is 0 Å². The third-order valence-electron chi connectivity index (χ3n) is 2.52. The lowest BCUT2D eigenvalue weighted by Crippen LogP contribution is -2.15. The van der Waals surface area contributed by atoms with Crippen LogP contribution in [0.25, 0.3) is 0 Å². The van der Waals surface area contributed by atoms with E-state index in [-0.39, 0.29) is 0 Å². The first-order valence-electron chi connectivity index (χ1n) is 7.09. The highest BCUT2D eigenvalue weighted by molar-refractivity contribution is 5.08. The van der Waals surface area contributed by atoms with Crippen LogP contribution in [0, 0.1) is 0 Å². The van der Waals surface area contributed by atoms with Gasteiger partial charge >= 0.3 is 0 Å². The summed E-state index contributed by atoms with van der Waals surface area (Å²) in [6.45, 7) is 7.91. The van der Waals surface area contributed by atoms with Crippen LogP contribution in [-0.4, -0.2) is 36.3 Å². The van der Waals surface area contributed by atoms with Crippen molar-refractivity contribution in [3.8, 4) is 5.88 Å². The number of aromatic nitrogens is 2. The number of nitrogens with zero attached hydrogens (tertiary/aromatic N) is 2. The molecule has 1 rings (SSSR count). The van der Waals surface area contributed by atoms with Crippen molar-refractivity contribution in [1.82, 2.24) is 15.3 Å². The number of rotatable bonds is 11. The molecule has 0 aliphatic heterocycles. The maximum atomic E-state index is 5.51. The van der Waals surface area contributed by atoms with E-state index >= 15 is 0 Å². The van der Waals surface area contributed by atoms with Crippen LogP contribution in [0.4, 0.5) is 0 Å². The van der Waals surface area contributed by atoms with Gasteiger partial charge in [0.2, 0.25) is 5.88 Å². The van der Waals surface area contributed by atoms with Gasteiger partial charge in [0.15, 0.2) is 0 Å². The van der Waals surface area contributed by atoms with Crippen LogP contribution in [-0.2, 0) is 11.3 Å². The van der Waals surface area contributed by atoms with E-state index < -0.39 is 0 Å². The average Bonchev–Trinajstić information content (AvgIpc) is 2.43. The molecule has 1 N–H and O–H groups in total. The maximum absolute atomic E-state index is 5.51. The van der Waals surface area contributed by atoms with Gasteiger partial charge < -0.3 is 14.8 Å². The van der Waals surface area contributed by atoms with E-state index in [1.165, 1.54) is 0 Å². The minimum Gasteiger partial charge on any atom is -0.474 e. The monoisotopic (exact) mass is 267 g/mol. The number of hydrogen-bond donors (Lipinski definition) is 1. The summed E-state index contributed by atoms with van der Waals surface area (Å²) in [5, 5.41) is 3.29. The predicted molar refractivity (Wildman–Crippen MR) is 75.3 cm³/mol. The maximum Gasteiger partial charge on any atom is 0.232 e. The van der Waals surface area contributed by atoms with E-state index in [0.717, 1.165) is 44.7 Å². The van der Waals surface area contributed by atoms with Gasteiger partial charge in [-0.15, -0.1) is 0 Å². The summed E-state index contributed by atoms with van der Waals surface area (Å²) in [5.74, 6) is 0.565. The van der Waals surface area contributed by atoms with E-state index in [1.807, 2.05) is 0 Å². The number of nitrogens with one attached hydrogen (secondary N) is 1. The van der Waals surface area contributed by atoms with Crippen LogP contribution >= 0.6 is 0 Å². The van der Waals surface area contributed by atoms with Crippen LogP contribution in [0.15, 0.2) is 12.4 Å². The number of ether oxygens (including phenoxy) is 2. The topological polar surface area (TPSA) is 56.3 Å². The summed E-state index contributed by atoms with van der Waals surface area (Å²) >= 11 is 0. The van der Waals surface area contributed by atoms with Gasteiger partial charge in [-0.3, -0.25) is 4.98 Å². The minimum atomic E-state index is 0.518. The van der Waals surface area contributed by atoms with Crippen molar-refractivity contribution in [2.45, 2.75) is 39.7 Å². The Balaban J connectivity index is 2.20. The summed E-state index contributed by atoms with van der Waals surface area (Å²) in [6.07, 6.45) is 6.75. The van der Waals surface area contributed by atoms with Gasteiger partial charge in [0, 0.05) is 19.3 Å². The van der Waals surface area contributed by atoms with Crippen molar-refractivity contribution >= 4 is 0 Å². The molecule has 0 atom stereocenters. The van der Waals surface area contributed by atoms with Gasteiger partial charge in [0.05, 0.1) is 18.5 Å². The Morgan fingerprint density at radius 1 is 1.11 bits per heavy atom. The highest BCUT2D eigenvalue weighted by atomic mass is 16.5. The molecule has 0 amide bonds. The average molecular weight is 267 g/mol. The SMILES string of the molecule is CCCCOCCOc1cncc(CNCCC)n1. The summed E-state index contributed by atoms with van der Waals surface area (Å²) in [6, 6.07) is 0. The lowest BCUT2D eigenvalue weighted by molar-refractivity contribution is 0.0963. The molecule has 0 aromatic carbocycles. The lowest BCUT2D eigenvalue weighted by atomic mass is 10.4. The summed E-state index contributed by atoms with van der Waals surface area (Å²) in [4.78, 5) is 8.50. The summed E-state index contributed by atoms with van der Waals surface area (Å²) < 4.78 is 10.9. The second-order valence-electron chi connectivity index (χ2n) is 4.34. The predicted octanol–water partition coefficient (Wildman–Crippen LogP) is 2.17. The minimum absolute atomic E-state index is 0.518. The van der Waals surface area contributed by atoms with E-state index in [1.54, 1.807) is 12.4 Å². The molecule has 0 saturated carbocycles. The molecule has 0 saturated heterocycles. The molecular weight excluding hydrogens is 242 g/mol. The van der Waals surface area contributed by atoms with Crippen molar-refractivity contribution in [3.63, 3.8) is 0 Å². The zero-order valence-electron chi connectivity index (χ0n) is 12.0. The fourth-order valence-electron chi connectivity index (χ4n) is 1.49. The molecule has 0 aliphatic carbocycles. The highest BCUT2D eigenvalue weighted by Crippen LogP contribution is 2.04. The molecule has 1 aromatic heterocycles. The molecule has 0 unspecified atom stereocenters. The first-order valence-corrected chi connectivity index (χ1v) is 7.09. The number of hydrogen-bond acceptors (Lipinski definition) is 5. The molecule has 1 aromatic rings. The third-order valence-corrected chi connectivity index (χ3v) is 2.52.